The van der Waals surface area contributed by atoms with Gasteiger partial charge in [0.1, 0.15) is 0 Å². The van der Waals surface area contributed by atoms with Gasteiger partial charge in [0.2, 0.25) is 5.91 Å². The summed E-state index contributed by atoms with van der Waals surface area (Å²) in [5.74, 6) is 0.288. The molecule has 0 radical (unpaired) electrons. The van der Waals surface area contributed by atoms with Gasteiger partial charge in [-0.1, -0.05) is 6.92 Å². The first kappa shape index (κ1) is 12.5. The zero-order valence-electron chi connectivity index (χ0n) is 9.79. The highest BCUT2D eigenvalue weighted by atomic mass is 16.3. The number of rotatable bonds is 5. The molecule has 1 fully saturated rings. The van der Waals surface area contributed by atoms with E-state index in [4.69, 9.17) is 10.8 Å². The van der Waals surface area contributed by atoms with E-state index in [0.29, 0.717) is 5.92 Å². The minimum absolute atomic E-state index is 0.0378. The van der Waals surface area contributed by atoms with Gasteiger partial charge in [0.15, 0.2) is 0 Å². The first-order valence-electron chi connectivity index (χ1n) is 5.60. The third kappa shape index (κ3) is 2.92. The van der Waals surface area contributed by atoms with Gasteiger partial charge in [-0.2, -0.15) is 0 Å². The Hall–Kier alpha value is -0.610. The number of hydrogen-bond donors (Lipinski definition) is 3. The van der Waals surface area contributed by atoms with E-state index < -0.39 is 5.54 Å². The van der Waals surface area contributed by atoms with Crippen LogP contribution in [-0.4, -0.2) is 29.2 Å². The van der Waals surface area contributed by atoms with Gasteiger partial charge in [0.25, 0.3) is 0 Å². The molecule has 0 heterocycles. The zero-order chi connectivity index (χ0) is 11.6. The van der Waals surface area contributed by atoms with Crippen molar-refractivity contribution in [1.82, 2.24) is 5.32 Å². The zero-order valence-corrected chi connectivity index (χ0v) is 9.79. The van der Waals surface area contributed by atoms with E-state index in [9.17, 15) is 4.79 Å². The van der Waals surface area contributed by atoms with Gasteiger partial charge in [0, 0.05) is 12.6 Å². The van der Waals surface area contributed by atoms with E-state index in [2.05, 4.69) is 5.32 Å². The second-order valence-electron chi connectivity index (χ2n) is 4.98. The van der Waals surface area contributed by atoms with Gasteiger partial charge in [-0.05, 0) is 38.5 Å². The largest absolute Gasteiger partial charge is 0.396 e. The Morgan fingerprint density at radius 2 is 2.13 bits per heavy atom. The Morgan fingerprint density at radius 1 is 1.60 bits per heavy atom. The smallest absolute Gasteiger partial charge is 0.240 e. The van der Waals surface area contributed by atoms with Gasteiger partial charge in [-0.25, -0.2) is 0 Å². The molecule has 0 saturated heterocycles. The van der Waals surface area contributed by atoms with E-state index in [-0.39, 0.29) is 24.5 Å². The number of hydrogen-bond acceptors (Lipinski definition) is 3. The van der Waals surface area contributed by atoms with Crippen LogP contribution >= 0.6 is 0 Å². The SMILES string of the molecule is CC(CO)C(C)NC(=O)C(C)(N)C1CC1. The van der Waals surface area contributed by atoms with Crippen molar-refractivity contribution >= 4 is 5.91 Å². The molecule has 15 heavy (non-hydrogen) atoms. The van der Waals surface area contributed by atoms with E-state index in [1.54, 1.807) is 6.92 Å². The van der Waals surface area contributed by atoms with E-state index in [1.165, 1.54) is 0 Å². The summed E-state index contributed by atoms with van der Waals surface area (Å²) in [5.41, 5.74) is 5.23. The predicted octanol–water partition coefficient (Wildman–Crippen LogP) is 0.247. The van der Waals surface area contributed by atoms with Crippen LogP contribution in [0.15, 0.2) is 0 Å². The Morgan fingerprint density at radius 3 is 2.53 bits per heavy atom. The molecule has 88 valence electrons. The van der Waals surface area contributed by atoms with Crippen molar-refractivity contribution in [3.05, 3.63) is 0 Å². The third-order valence-electron chi connectivity index (χ3n) is 3.41. The maximum atomic E-state index is 11.9. The van der Waals surface area contributed by atoms with Crippen molar-refractivity contribution < 1.29 is 9.90 Å². The second-order valence-corrected chi connectivity index (χ2v) is 4.98. The molecule has 1 rings (SSSR count). The molecule has 1 aliphatic rings. The third-order valence-corrected chi connectivity index (χ3v) is 3.41. The van der Waals surface area contributed by atoms with Crippen molar-refractivity contribution in [2.45, 2.75) is 45.2 Å². The predicted molar refractivity (Wildman–Crippen MR) is 59.2 cm³/mol. The molecular weight excluding hydrogens is 192 g/mol. The first-order valence-corrected chi connectivity index (χ1v) is 5.60. The van der Waals surface area contributed by atoms with Crippen molar-refractivity contribution in [2.75, 3.05) is 6.61 Å². The van der Waals surface area contributed by atoms with Gasteiger partial charge in [0.05, 0.1) is 5.54 Å². The number of nitrogens with one attached hydrogen (secondary N) is 1. The van der Waals surface area contributed by atoms with Crippen LogP contribution in [0.2, 0.25) is 0 Å². The lowest BCUT2D eigenvalue weighted by molar-refractivity contribution is -0.127. The van der Waals surface area contributed by atoms with Gasteiger partial charge >= 0.3 is 0 Å². The summed E-state index contributed by atoms with van der Waals surface area (Å²) in [5, 5.41) is 11.8. The minimum atomic E-state index is -0.747. The summed E-state index contributed by atoms with van der Waals surface area (Å²) in [7, 11) is 0. The molecule has 4 nitrogen and oxygen atoms in total. The number of nitrogens with two attached hydrogens (primary N) is 1. The molecule has 3 unspecified atom stereocenters. The summed E-state index contributed by atoms with van der Waals surface area (Å²) in [6.45, 7) is 5.65. The van der Waals surface area contributed by atoms with Crippen LogP contribution in [0, 0.1) is 11.8 Å². The Kier molecular flexibility index (Phi) is 3.73. The maximum Gasteiger partial charge on any atom is 0.240 e. The lowest BCUT2D eigenvalue weighted by Gasteiger charge is -2.27. The standard InChI is InChI=1S/C11H22N2O2/c1-7(6-14)8(2)13-10(15)11(3,12)9-4-5-9/h7-9,14H,4-6,12H2,1-3H3,(H,13,15). The minimum Gasteiger partial charge on any atom is -0.396 e. The summed E-state index contributed by atoms with van der Waals surface area (Å²) in [6, 6.07) is -0.0378. The molecule has 4 heteroatoms. The van der Waals surface area contributed by atoms with Crippen molar-refractivity contribution in [3.63, 3.8) is 0 Å². The molecule has 0 spiro atoms. The van der Waals surface area contributed by atoms with Crippen LogP contribution in [0.5, 0.6) is 0 Å². The average Bonchev–Trinajstić information content (AvgIpc) is 2.99. The highest BCUT2D eigenvalue weighted by Crippen LogP contribution is 2.38. The summed E-state index contributed by atoms with van der Waals surface area (Å²) >= 11 is 0. The van der Waals surface area contributed by atoms with Crippen LogP contribution in [0.3, 0.4) is 0 Å². The lowest BCUT2D eigenvalue weighted by Crippen LogP contribution is -2.56. The van der Waals surface area contributed by atoms with E-state index >= 15 is 0 Å². The van der Waals surface area contributed by atoms with Crippen LogP contribution < -0.4 is 11.1 Å². The molecule has 0 aliphatic heterocycles. The molecule has 4 N–H and O–H groups in total. The fraction of sp³-hybridized carbons (Fsp3) is 0.909. The molecule has 0 bridgehead atoms. The average molecular weight is 214 g/mol. The Bertz CT molecular complexity index is 237. The molecule has 1 aliphatic carbocycles. The number of carbonyl (C=O) groups is 1. The topological polar surface area (TPSA) is 75.3 Å². The molecular formula is C11H22N2O2. The summed E-state index contributed by atoms with van der Waals surface area (Å²) in [6.07, 6.45) is 2.09. The van der Waals surface area contributed by atoms with E-state index in [1.807, 2.05) is 13.8 Å². The normalized spacial score (nSPS) is 24.1. The van der Waals surface area contributed by atoms with Crippen LogP contribution in [0.25, 0.3) is 0 Å². The van der Waals surface area contributed by atoms with Crippen molar-refractivity contribution in [1.29, 1.82) is 0 Å². The fourth-order valence-electron chi connectivity index (χ4n) is 1.53. The van der Waals surface area contributed by atoms with Crippen LogP contribution in [0.4, 0.5) is 0 Å². The Labute approximate surface area is 91.2 Å². The number of aliphatic hydroxyl groups is 1. The fourth-order valence-corrected chi connectivity index (χ4v) is 1.53. The van der Waals surface area contributed by atoms with Gasteiger partial charge in [-0.3, -0.25) is 4.79 Å². The highest BCUT2D eigenvalue weighted by Gasteiger charge is 2.44. The quantitative estimate of drug-likeness (QED) is 0.614. The summed E-state index contributed by atoms with van der Waals surface area (Å²) < 4.78 is 0. The Balaban J connectivity index is 2.47. The molecule has 0 aromatic heterocycles. The molecule has 0 aromatic carbocycles. The van der Waals surface area contributed by atoms with Gasteiger partial charge < -0.3 is 16.2 Å². The lowest BCUT2D eigenvalue weighted by atomic mass is 9.94. The molecule has 3 atom stereocenters. The number of amides is 1. The van der Waals surface area contributed by atoms with Crippen molar-refractivity contribution in [2.24, 2.45) is 17.6 Å². The molecule has 0 aromatic rings. The molecule has 1 amide bonds. The van der Waals surface area contributed by atoms with Crippen LogP contribution in [-0.2, 0) is 4.79 Å². The van der Waals surface area contributed by atoms with Gasteiger partial charge in [-0.15, -0.1) is 0 Å². The first-order chi connectivity index (χ1) is 6.89. The second kappa shape index (κ2) is 4.49. The summed E-state index contributed by atoms with van der Waals surface area (Å²) in [4.78, 5) is 11.9. The molecule has 1 saturated carbocycles. The van der Waals surface area contributed by atoms with Crippen LogP contribution in [0.1, 0.15) is 33.6 Å². The van der Waals surface area contributed by atoms with E-state index in [0.717, 1.165) is 12.8 Å². The van der Waals surface area contributed by atoms with Crippen molar-refractivity contribution in [3.8, 4) is 0 Å². The highest BCUT2D eigenvalue weighted by molar-refractivity contribution is 5.86. The monoisotopic (exact) mass is 214 g/mol. The number of aliphatic hydroxyl groups excluding tert-OH is 1. The number of carbonyl (C=O) groups excluding carboxylic acids is 1. The maximum absolute atomic E-state index is 11.9.